The van der Waals surface area contributed by atoms with Crippen LogP contribution in [0.1, 0.15) is 39.9 Å². The van der Waals surface area contributed by atoms with Crippen LogP contribution in [-0.4, -0.2) is 16.6 Å². The highest BCUT2D eigenvalue weighted by atomic mass is 16.6. The van der Waals surface area contributed by atoms with E-state index in [-0.39, 0.29) is 30.2 Å². The van der Waals surface area contributed by atoms with Crippen molar-refractivity contribution in [1.29, 1.82) is 0 Å². The summed E-state index contributed by atoms with van der Waals surface area (Å²) in [7, 11) is 0. The summed E-state index contributed by atoms with van der Waals surface area (Å²) in [4.78, 5) is 34.6. The molecule has 0 fully saturated rings. The van der Waals surface area contributed by atoms with Crippen molar-refractivity contribution in [2.45, 2.75) is 33.6 Å². The number of non-ortho nitro benzene ring substituents is 1. The van der Waals surface area contributed by atoms with Crippen LogP contribution in [0.4, 0.5) is 11.4 Å². The topological polar surface area (TPSA) is 89.3 Å². The number of nitro groups is 1. The van der Waals surface area contributed by atoms with E-state index in [2.05, 4.69) is 5.32 Å². The lowest BCUT2D eigenvalue weighted by atomic mass is 10.0. The molecule has 6 heteroatoms. The summed E-state index contributed by atoms with van der Waals surface area (Å²) in [6.45, 7) is 5.65. The molecule has 1 amide bonds. The molecule has 6 nitrogen and oxygen atoms in total. The third-order valence-electron chi connectivity index (χ3n) is 4.11. The number of nitrogens with one attached hydrogen (secondary N) is 1. The Balaban J connectivity index is 1.98. The van der Waals surface area contributed by atoms with Crippen LogP contribution in [0.2, 0.25) is 0 Å². The van der Waals surface area contributed by atoms with Crippen LogP contribution < -0.4 is 5.32 Å². The Hall–Kier alpha value is -3.02. The van der Waals surface area contributed by atoms with Crippen LogP contribution >= 0.6 is 0 Å². The van der Waals surface area contributed by atoms with Crippen molar-refractivity contribution in [3.8, 4) is 0 Å². The van der Waals surface area contributed by atoms with E-state index < -0.39 is 4.92 Å². The van der Waals surface area contributed by atoms with Gasteiger partial charge in [-0.2, -0.15) is 0 Å². The molecular weight excluding hydrogens is 320 g/mol. The normalized spacial score (nSPS) is 10.4. The summed E-state index contributed by atoms with van der Waals surface area (Å²) >= 11 is 0. The molecule has 0 spiro atoms. The van der Waals surface area contributed by atoms with E-state index in [1.807, 2.05) is 26.0 Å². The number of hydrogen-bond acceptors (Lipinski definition) is 4. The van der Waals surface area contributed by atoms with E-state index in [0.717, 1.165) is 16.7 Å². The van der Waals surface area contributed by atoms with Gasteiger partial charge in [0.2, 0.25) is 5.91 Å². The molecule has 0 unspecified atom stereocenters. The van der Waals surface area contributed by atoms with Gasteiger partial charge in [-0.25, -0.2) is 0 Å². The van der Waals surface area contributed by atoms with Crippen LogP contribution in [-0.2, 0) is 4.79 Å². The maximum Gasteiger partial charge on any atom is 0.271 e. The molecule has 2 aromatic rings. The Morgan fingerprint density at radius 2 is 1.64 bits per heavy atom. The summed E-state index contributed by atoms with van der Waals surface area (Å²) in [5, 5.41) is 13.5. The van der Waals surface area contributed by atoms with Gasteiger partial charge in [-0.3, -0.25) is 19.7 Å². The summed E-state index contributed by atoms with van der Waals surface area (Å²) in [6, 6.07) is 9.74. The molecule has 0 atom stereocenters. The predicted octanol–water partition coefficient (Wildman–Crippen LogP) is 4.12. The van der Waals surface area contributed by atoms with Gasteiger partial charge in [0.05, 0.1) is 10.6 Å². The Bertz CT molecular complexity index is 843. The SMILES string of the molecule is Cc1ccc(C(=O)CCC(=O)Nc2cc([N+](=O)[O-])ccc2C)cc1C. The maximum absolute atomic E-state index is 12.2. The van der Waals surface area contributed by atoms with Gasteiger partial charge in [0.25, 0.3) is 5.69 Å². The number of carbonyl (C=O) groups is 2. The predicted molar refractivity (Wildman–Crippen MR) is 95.9 cm³/mol. The van der Waals surface area contributed by atoms with Crippen molar-refractivity contribution in [2.24, 2.45) is 0 Å². The van der Waals surface area contributed by atoms with Crippen molar-refractivity contribution >= 4 is 23.1 Å². The lowest BCUT2D eigenvalue weighted by molar-refractivity contribution is -0.384. The van der Waals surface area contributed by atoms with Gasteiger partial charge in [-0.05, 0) is 43.5 Å². The number of amides is 1. The molecule has 0 radical (unpaired) electrons. The number of anilines is 1. The lowest BCUT2D eigenvalue weighted by Gasteiger charge is -2.08. The van der Waals surface area contributed by atoms with Gasteiger partial charge in [-0.15, -0.1) is 0 Å². The minimum absolute atomic E-state index is 0.0217. The largest absolute Gasteiger partial charge is 0.326 e. The fraction of sp³-hybridized carbons (Fsp3) is 0.263. The number of Topliss-reactive ketones (excluding diaryl/α,β-unsaturated/α-hetero) is 1. The minimum Gasteiger partial charge on any atom is -0.326 e. The fourth-order valence-electron chi connectivity index (χ4n) is 2.36. The van der Waals surface area contributed by atoms with E-state index in [4.69, 9.17) is 0 Å². The Morgan fingerprint density at radius 3 is 2.28 bits per heavy atom. The quantitative estimate of drug-likeness (QED) is 0.486. The van der Waals surface area contributed by atoms with Gasteiger partial charge in [0.15, 0.2) is 5.78 Å². The van der Waals surface area contributed by atoms with Crippen molar-refractivity contribution in [3.05, 3.63) is 68.8 Å². The van der Waals surface area contributed by atoms with Crippen LogP contribution in [0.15, 0.2) is 36.4 Å². The second-order valence-corrected chi connectivity index (χ2v) is 6.03. The average Bonchev–Trinajstić information content (AvgIpc) is 2.57. The van der Waals surface area contributed by atoms with Crippen molar-refractivity contribution in [3.63, 3.8) is 0 Å². The molecule has 2 rings (SSSR count). The molecule has 0 bridgehead atoms. The second-order valence-electron chi connectivity index (χ2n) is 6.03. The van der Waals surface area contributed by atoms with Gasteiger partial charge >= 0.3 is 0 Å². The number of ketones is 1. The Kier molecular flexibility index (Phi) is 5.64. The number of hydrogen-bond donors (Lipinski definition) is 1. The molecule has 2 aromatic carbocycles. The highest BCUT2D eigenvalue weighted by molar-refractivity contribution is 6.00. The second kappa shape index (κ2) is 7.70. The molecule has 0 aromatic heterocycles. The molecule has 130 valence electrons. The fourth-order valence-corrected chi connectivity index (χ4v) is 2.36. The number of benzene rings is 2. The summed E-state index contributed by atoms with van der Waals surface area (Å²) in [5.74, 6) is -0.449. The first-order valence-electron chi connectivity index (χ1n) is 7.93. The molecule has 0 saturated carbocycles. The van der Waals surface area contributed by atoms with Crippen LogP contribution in [0, 0.1) is 30.9 Å². The minimum atomic E-state index is -0.516. The zero-order valence-corrected chi connectivity index (χ0v) is 14.5. The van der Waals surface area contributed by atoms with Crippen LogP contribution in [0.5, 0.6) is 0 Å². The number of carbonyl (C=O) groups excluding carboxylic acids is 2. The number of aryl methyl sites for hydroxylation is 3. The molecule has 0 heterocycles. The molecule has 0 aliphatic rings. The van der Waals surface area contributed by atoms with E-state index >= 15 is 0 Å². The van der Waals surface area contributed by atoms with Crippen molar-refractivity contribution in [2.75, 3.05) is 5.32 Å². The smallest absolute Gasteiger partial charge is 0.271 e. The molecule has 0 aliphatic heterocycles. The van der Waals surface area contributed by atoms with Crippen LogP contribution in [0.25, 0.3) is 0 Å². The first-order chi connectivity index (χ1) is 11.8. The molecule has 0 aliphatic carbocycles. The van der Waals surface area contributed by atoms with E-state index in [9.17, 15) is 19.7 Å². The number of rotatable bonds is 6. The molecular formula is C19H20N2O4. The monoisotopic (exact) mass is 340 g/mol. The van der Waals surface area contributed by atoms with Crippen molar-refractivity contribution in [1.82, 2.24) is 0 Å². The third-order valence-corrected chi connectivity index (χ3v) is 4.11. The Morgan fingerprint density at radius 1 is 0.960 bits per heavy atom. The Labute approximate surface area is 146 Å². The standard InChI is InChI=1S/C19H20N2O4/c1-12-4-6-15(10-14(12)3)18(22)8-9-19(23)20-17-11-16(21(24)25)7-5-13(17)2/h4-7,10-11H,8-9H2,1-3H3,(H,20,23). The summed E-state index contributed by atoms with van der Waals surface area (Å²) in [6.07, 6.45) is 0.107. The summed E-state index contributed by atoms with van der Waals surface area (Å²) < 4.78 is 0. The molecule has 0 saturated heterocycles. The highest BCUT2D eigenvalue weighted by Gasteiger charge is 2.13. The van der Waals surface area contributed by atoms with Crippen LogP contribution in [0.3, 0.4) is 0 Å². The van der Waals surface area contributed by atoms with E-state index in [1.54, 1.807) is 19.1 Å². The van der Waals surface area contributed by atoms with E-state index in [1.165, 1.54) is 12.1 Å². The molecule has 1 N–H and O–H groups in total. The van der Waals surface area contributed by atoms with Gasteiger partial charge in [0, 0.05) is 30.5 Å². The first kappa shape index (κ1) is 18.3. The van der Waals surface area contributed by atoms with Gasteiger partial charge in [-0.1, -0.05) is 18.2 Å². The summed E-state index contributed by atoms with van der Waals surface area (Å²) in [5.41, 5.74) is 3.74. The van der Waals surface area contributed by atoms with E-state index in [0.29, 0.717) is 11.3 Å². The van der Waals surface area contributed by atoms with Gasteiger partial charge < -0.3 is 5.32 Å². The van der Waals surface area contributed by atoms with Crippen molar-refractivity contribution < 1.29 is 14.5 Å². The number of nitro benzene ring substituents is 1. The highest BCUT2D eigenvalue weighted by Crippen LogP contribution is 2.22. The number of nitrogens with zero attached hydrogens (tertiary/aromatic N) is 1. The van der Waals surface area contributed by atoms with Gasteiger partial charge in [0.1, 0.15) is 0 Å². The first-order valence-corrected chi connectivity index (χ1v) is 7.93. The third kappa shape index (κ3) is 4.73. The maximum atomic E-state index is 12.2. The molecule has 25 heavy (non-hydrogen) atoms. The zero-order chi connectivity index (χ0) is 18.6. The lowest BCUT2D eigenvalue weighted by Crippen LogP contribution is -2.14. The average molecular weight is 340 g/mol. The zero-order valence-electron chi connectivity index (χ0n) is 14.5.